The fourth-order valence-corrected chi connectivity index (χ4v) is 2.62. The Labute approximate surface area is 107 Å². The highest BCUT2D eigenvalue weighted by molar-refractivity contribution is 7.11. The SMILES string of the molecule is CCc1ccc(CN(C)C(C)CC(N)=NO)s1. The van der Waals surface area contributed by atoms with Gasteiger partial charge in [-0.3, -0.25) is 4.90 Å². The first-order chi connectivity index (χ1) is 8.06. The van der Waals surface area contributed by atoms with Gasteiger partial charge in [0.05, 0.1) is 0 Å². The largest absolute Gasteiger partial charge is 0.409 e. The topological polar surface area (TPSA) is 61.8 Å². The van der Waals surface area contributed by atoms with Crippen molar-refractivity contribution in [2.24, 2.45) is 10.9 Å². The second-order valence-corrected chi connectivity index (χ2v) is 5.53. The van der Waals surface area contributed by atoms with Crippen molar-refractivity contribution in [2.45, 2.75) is 39.3 Å². The van der Waals surface area contributed by atoms with Gasteiger partial charge in [0.25, 0.3) is 0 Å². The zero-order chi connectivity index (χ0) is 12.8. The highest BCUT2D eigenvalue weighted by Crippen LogP contribution is 2.19. The molecule has 0 bridgehead atoms. The lowest BCUT2D eigenvalue weighted by Gasteiger charge is -2.23. The van der Waals surface area contributed by atoms with Crippen molar-refractivity contribution in [1.82, 2.24) is 4.90 Å². The smallest absolute Gasteiger partial charge is 0.140 e. The molecule has 1 unspecified atom stereocenters. The van der Waals surface area contributed by atoms with Crippen LogP contribution in [0.3, 0.4) is 0 Å². The first-order valence-electron chi connectivity index (χ1n) is 5.81. The van der Waals surface area contributed by atoms with E-state index in [0.29, 0.717) is 6.42 Å². The maximum absolute atomic E-state index is 8.54. The highest BCUT2D eigenvalue weighted by Gasteiger charge is 2.12. The monoisotopic (exact) mass is 255 g/mol. The van der Waals surface area contributed by atoms with E-state index in [9.17, 15) is 0 Å². The number of hydrogen-bond acceptors (Lipinski definition) is 4. The molecule has 0 radical (unpaired) electrons. The van der Waals surface area contributed by atoms with Crippen LogP contribution in [-0.2, 0) is 13.0 Å². The molecule has 0 aliphatic rings. The van der Waals surface area contributed by atoms with Gasteiger partial charge < -0.3 is 10.9 Å². The quantitative estimate of drug-likeness (QED) is 0.355. The van der Waals surface area contributed by atoms with Gasteiger partial charge in [-0.25, -0.2) is 0 Å². The van der Waals surface area contributed by atoms with Crippen molar-refractivity contribution < 1.29 is 5.21 Å². The van der Waals surface area contributed by atoms with Crippen molar-refractivity contribution in [1.29, 1.82) is 0 Å². The predicted molar refractivity (Wildman–Crippen MR) is 72.7 cm³/mol. The maximum Gasteiger partial charge on any atom is 0.140 e. The number of thiophene rings is 1. The van der Waals surface area contributed by atoms with E-state index in [4.69, 9.17) is 10.9 Å². The minimum absolute atomic E-state index is 0.262. The number of amidine groups is 1. The molecular weight excluding hydrogens is 234 g/mol. The summed E-state index contributed by atoms with van der Waals surface area (Å²) in [4.78, 5) is 4.98. The Morgan fingerprint density at radius 1 is 1.53 bits per heavy atom. The molecule has 1 rings (SSSR count). The van der Waals surface area contributed by atoms with Crippen molar-refractivity contribution >= 4 is 17.2 Å². The first-order valence-corrected chi connectivity index (χ1v) is 6.62. The number of oxime groups is 1. The Morgan fingerprint density at radius 3 is 2.71 bits per heavy atom. The number of nitrogens with zero attached hydrogens (tertiary/aromatic N) is 2. The van der Waals surface area contributed by atoms with Crippen molar-refractivity contribution in [3.8, 4) is 0 Å². The second-order valence-electron chi connectivity index (χ2n) is 4.28. The van der Waals surface area contributed by atoms with Crippen LogP contribution in [0.4, 0.5) is 0 Å². The standard InChI is InChI=1S/C12H21N3OS/c1-4-10-5-6-11(17-10)8-15(3)9(2)7-12(13)14-16/h5-6,9,16H,4,7-8H2,1-3H3,(H2,13,14). The molecular formula is C12H21N3OS. The Kier molecular flexibility index (Phi) is 5.44. The Bertz CT molecular complexity index is 376. The molecule has 1 aromatic heterocycles. The summed E-state index contributed by atoms with van der Waals surface area (Å²) in [5, 5.41) is 11.5. The minimum Gasteiger partial charge on any atom is -0.409 e. The van der Waals surface area contributed by atoms with E-state index in [1.807, 2.05) is 11.3 Å². The zero-order valence-corrected chi connectivity index (χ0v) is 11.5. The van der Waals surface area contributed by atoms with E-state index >= 15 is 0 Å². The fourth-order valence-electron chi connectivity index (χ4n) is 1.60. The third kappa shape index (κ3) is 4.36. The summed E-state index contributed by atoms with van der Waals surface area (Å²) < 4.78 is 0. The molecule has 1 heterocycles. The molecule has 3 N–H and O–H groups in total. The fraction of sp³-hybridized carbons (Fsp3) is 0.583. The Balaban J connectivity index is 2.50. The van der Waals surface area contributed by atoms with Crippen molar-refractivity contribution in [3.63, 3.8) is 0 Å². The summed E-state index contributed by atoms with van der Waals surface area (Å²) in [7, 11) is 2.06. The third-order valence-electron chi connectivity index (χ3n) is 2.86. The molecule has 0 saturated carbocycles. The average molecular weight is 255 g/mol. The third-order valence-corrected chi connectivity index (χ3v) is 4.07. The van der Waals surface area contributed by atoms with Gasteiger partial charge in [-0.2, -0.15) is 0 Å². The van der Waals surface area contributed by atoms with Gasteiger partial charge in [-0.05, 0) is 32.5 Å². The Hall–Kier alpha value is -1.07. The number of hydrogen-bond donors (Lipinski definition) is 2. The summed E-state index contributed by atoms with van der Waals surface area (Å²) in [6, 6.07) is 4.62. The van der Waals surface area contributed by atoms with Crippen LogP contribution in [0.25, 0.3) is 0 Å². The molecule has 1 atom stereocenters. The van der Waals surface area contributed by atoms with Crippen molar-refractivity contribution in [3.05, 3.63) is 21.9 Å². The summed E-state index contributed by atoms with van der Waals surface area (Å²) in [5.41, 5.74) is 5.51. The molecule has 4 nitrogen and oxygen atoms in total. The van der Waals surface area contributed by atoms with Crippen LogP contribution >= 0.6 is 11.3 Å². The average Bonchev–Trinajstić information content (AvgIpc) is 2.76. The van der Waals surface area contributed by atoms with E-state index < -0.39 is 0 Å². The summed E-state index contributed by atoms with van der Waals surface area (Å²) in [5.74, 6) is 0.282. The molecule has 0 aromatic carbocycles. The lowest BCUT2D eigenvalue weighted by molar-refractivity contribution is 0.253. The van der Waals surface area contributed by atoms with Crippen LogP contribution in [-0.4, -0.2) is 29.0 Å². The zero-order valence-electron chi connectivity index (χ0n) is 10.7. The van der Waals surface area contributed by atoms with Gasteiger partial charge in [-0.1, -0.05) is 12.1 Å². The van der Waals surface area contributed by atoms with E-state index in [-0.39, 0.29) is 11.9 Å². The second kappa shape index (κ2) is 6.61. The highest BCUT2D eigenvalue weighted by atomic mass is 32.1. The molecule has 0 amide bonds. The Morgan fingerprint density at radius 2 is 2.18 bits per heavy atom. The van der Waals surface area contributed by atoms with E-state index in [2.05, 4.69) is 43.1 Å². The maximum atomic E-state index is 8.54. The molecule has 5 heteroatoms. The van der Waals surface area contributed by atoms with Gasteiger partial charge in [0.15, 0.2) is 0 Å². The number of aryl methyl sites for hydroxylation is 1. The van der Waals surface area contributed by atoms with Crippen molar-refractivity contribution in [2.75, 3.05) is 7.05 Å². The normalized spacial score (nSPS) is 14.2. The number of rotatable bonds is 6. The molecule has 96 valence electrons. The van der Waals surface area contributed by atoms with Crippen LogP contribution < -0.4 is 5.73 Å². The van der Waals surface area contributed by atoms with Crippen LogP contribution in [0.2, 0.25) is 0 Å². The van der Waals surface area contributed by atoms with Gasteiger partial charge in [-0.15, -0.1) is 11.3 Å². The van der Waals surface area contributed by atoms with Gasteiger partial charge in [0.1, 0.15) is 5.84 Å². The summed E-state index contributed by atoms with van der Waals surface area (Å²) in [6.07, 6.45) is 1.67. The van der Waals surface area contributed by atoms with Crippen LogP contribution in [0, 0.1) is 0 Å². The number of nitrogens with two attached hydrogens (primary N) is 1. The first kappa shape index (κ1) is 14.0. The lowest BCUT2D eigenvalue weighted by Crippen LogP contribution is -2.32. The van der Waals surface area contributed by atoms with Gasteiger partial charge in [0.2, 0.25) is 0 Å². The minimum atomic E-state index is 0.262. The summed E-state index contributed by atoms with van der Waals surface area (Å²) >= 11 is 1.85. The molecule has 0 saturated heterocycles. The lowest BCUT2D eigenvalue weighted by atomic mass is 10.2. The molecule has 0 aliphatic carbocycles. The van der Waals surface area contributed by atoms with Crippen LogP contribution in [0.5, 0.6) is 0 Å². The van der Waals surface area contributed by atoms with Gasteiger partial charge in [0, 0.05) is 28.8 Å². The van der Waals surface area contributed by atoms with E-state index in [1.54, 1.807) is 0 Å². The molecule has 0 aliphatic heterocycles. The molecule has 17 heavy (non-hydrogen) atoms. The van der Waals surface area contributed by atoms with Gasteiger partial charge >= 0.3 is 0 Å². The summed E-state index contributed by atoms with van der Waals surface area (Å²) in [6.45, 7) is 5.15. The van der Waals surface area contributed by atoms with Crippen LogP contribution in [0.1, 0.15) is 30.0 Å². The van der Waals surface area contributed by atoms with E-state index in [1.165, 1.54) is 9.75 Å². The molecule has 1 aromatic rings. The molecule has 0 fully saturated rings. The predicted octanol–water partition coefficient (Wildman–Crippen LogP) is 2.27. The molecule has 0 spiro atoms. The van der Waals surface area contributed by atoms with Crippen LogP contribution in [0.15, 0.2) is 17.3 Å². The van der Waals surface area contributed by atoms with E-state index in [0.717, 1.165) is 13.0 Å².